The Balaban J connectivity index is 3.04. The molecule has 4 heteroatoms. The van der Waals surface area contributed by atoms with E-state index in [0.29, 0.717) is 4.90 Å². The molecule has 0 aliphatic heterocycles. The minimum Gasteiger partial charge on any atom is -0.224 e. The zero-order valence-electron chi connectivity index (χ0n) is 11.2. The maximum absolute atomic E-state index is 12.4. The molecule has 0 amide bonds. The summed E-state index contributed by atoms with van der Waals surface area (Å²) in [6, 6.07) is 7.10. The van der Waals surface area contributed by atoms with Gasteiger partial charge in [0.15, 0.2) is 9.84 Å². The second kappa shape index (κ2) is 6.20. The number of halogens is 1. The van der Waals surface area contributed by atoms with Gasteiger partial charge in [0.25, 0.3) is 0 Å². The first-order chi connectivity index (χ1) is 8.39. The molecule has 0 bridgehead atoms. The highest BCUT2D eigenvalue weighted by Gasteiger charge is 2.32. The molecular weight excluding hydrogens is 312 g/mol. The Bertz CT molecular complexity index is 465. The van der Waals surface area contributed by atoms with Gasteiger partial charge in [-0.05, 0) is 37.3 Å². The summed E-state index contributed by atoms with van der Waals surface area (Å²) in [6.45, 7) is 6.06. The van der Waals surface area contributed by atoms with Crippen LogP contribution in [-0.4, -0.2) is 19.5 Å². The van der Waals surface area contributed by atoms with Crippen LogP contribution in [0.2, 0.25) is 0 Å². The van der Waals surface area contributed by atoms with E-state index in [2.05, 4.69) is 29.8 Å². The van der Waals surface area contributed by atoms with E-state index < -0.39 is 9.84 Å². The molecule has 0 atom stereocenters. The van der Waals surface area contributed by atoms with E-state index in [1.54, 1.807) is 12.1 Å². The van der Waals surface area contributed by atoms with E-state index >= 15 is 0 Å². The number of benzene rings is 1. The van der Waals surface area contributed by atoms with Gasteiger partial charge >= 0.3 is 0 Å². The summed E-state index contributed by atoms with van der Waals surface area (Å²) in [5, 5.41) is 0.720. The van der Waals surface area contributed by atoms with Crippen LogP contribution in [0.5, 0.6) is 0 Å². The molecule has 18 heavy (non-hydrogen) atoms. The summed E-state index contributed by atoms with van der Waals surface area (Å²) in [4.78, 5) is 0.431. The normalized spacial score (nSPS) is 12.7. The molecule has 0 saturated heterocycles. The van der Waals surface area contributed by atoms with E-state index in [9.17, 15) is 8.42 Å². The van der Waals surface area contributed by atoms with Crippen LogP contribution < -0.4 is 0 Å². The van der Waals surface area contributed by atoms with Crippen molar-refractivity contribution in [1.82, 2.24) is 0 Å². The Hall–Kier alpha value is -0.350. The van der Waals surface area contributed by atoms with Gasteiger partial charge < -0.3 is 0 Å². The fourth-order valence-electron chi connectivity index (χ4n) is 1.91. The van der Waals surface area contributed by atoms with E-state index in [4.69, 9.17) is 0 Å². The highest BCUT2D eigenvalue weighted by molar-refractivity contribution is 9.09. The largest absolute Gasteiger partial charge is 0.224 e. The first-order valence-electron chi connectivity index (χ1n) is 6.24. The molecule has 0 N–H and O–H groups in total. The fraction of sp³-hybridized carbons (Fsp3) is 0.571. The maximum atomic E-state index is 12.4. The molecule has 0 heterocycles. The number of hydrogen-bond donors (Lipinski definition) is 0. The standard InChI is InChI=1S/C14H21BrO2S/c1-4-14(5-2,10-15)11-18(16,17)13-8-6-12(3)7-9-13/h6-9H,4-5,10-11H2,1-3H3. The fourth-order valence-corrected chi connectivity index (χ4v) is 5.20. The highest BCUT2D eigenvalue weighted by Crippen LogP contribution is 2.32. The summed E-state index contributed by atoms with van der Waals surface area (Å²) < 4.78 is 24.8. The zero-order chi connectivity index (χ0) is 13.8. The third-order valence-corrected chi connectivity index (χ3v) is 6.83. The molecule has 1 aromatic rings. The monoisotopic (exact) mass is 332 g/mol. The Morgan fingerprint density at radius 3 is 2.00 bits per heavy atom. The molecule has 0 saturated carbocycles. The van der Waals surface area contributed by atoms with Gasteiger partial charge in [0, 0.05) is 5.33 Å². The molecule has 2 nitrogen and oxygen atoms in total. The smallest absolute Gasteiger partial charge is 0.178 e. The lowest BCUT2D eigenvalue weighted by molar-refractivity contribution is 0.351. The minimum atomic E-state index is -3.20. The predicted octanol–water partition coefficient (Wildman–Crippen LogP) is 3.97. The van der Waals surface area contributed by atoms with Crippen LogP contribution in [0.15, 0.2) is 29.2 Å². The summed E-state index contributed by atoms with van der Waals surface area (Å²) in [5.41, 5.74) is 0.913. The van der Waals surface area contributed by atoms with Crippen molar-refractivity contribution in [2.24, 2.45) is 5.41 Å². The summed E-state index contributed by atoms with van der Waals surface area (Å²) in [5.74, 6) is 0.210. The van der Waals surface area contributed by atoms with Crippen molar-refractivity contribution in [1.29, 1.82) is 0 Å². The van der Waals surface area contributed by atoms with Gasteiger partial charge in [-0.3, -0.25) is 0 Å². The lowest BCUT2D eigenvalue weighted by Gasteiger charge is -2.29. The Morgan fingerprint density at radius 2 is 1.61 bits per heavy atom. The second-order valence-electron chi connectivity index (χ2n) is 4.91. The number of sulfone groups is 1. The van der Waals surface area contributed by atoms with Gasteiger partial charge in [0.2, 0.25) is 0 Å². The molecule has 0 aromatic heterocycles. The molecule has 0 fully saturated rings. The molecule has 1 aromatic carbocycles. The average molecular weight is 333 g/mol. The van der Waals surface area contributed by atoms with Crippen LogP contribution >= 0.6 is 15.9 Å². The highest BCUT2D eigenvalue weighted by atomic mass is 79.9. The van der Waals surface area contributed by atoms with Gasteiger partial charge in [0.05, 0.1) is 10.6 Å². The Kier molecular flexibility index (Phi) is 5.41. The quantitative estimate of drug-likeness (QED) is 0.738. The summed E-state index contributed by atoms with van der Waals surface area (Å²) >= 11 is 3.47. The number of hydrogen-bond acceptors (Lipinski definition) is 2. The first-order valence-corrected chi connectivity index (χ1v) is 9.02. The lowest BCUT2D eigenvalue weighted by atomic mass is 9.87. The van der Waals surface area contributed by atoms with Crippen molar-refractivity contribution in [3.8, 4) is 0 Å². The molecule has 0 radical (unpaired) electrons. The SMILES string of the molecule is CCC(CC)(CBr)CS(=O)(=O)c1ccc(C)cc1. The van der Waals surface area contributed by atoms with E-state index in [0.717, 1.165) is 23.7 Å². The van der Waals surface area contributed by atoms with E-state index in [1.165, 1.54) is 0 Å². The molecule has 0 unspecified atom stereocenters. The second-order valence-corrected chi connectivity index (χ2v) is 7.46. The van der Waals surface area contributed by atoms with Crippen molar-refractivity contribution in [3.05, 3.63) is 29.8 Å². The van der Waals surface area contributed by atoms with E-state index in [1.807, 2.05) is 19.1 Å². The van der Waals surface area contributed by atoms with E-state index in [-0.39, 0.29) is 11.2 Å². The van der Waals surface area contributed by atoms with Gasteiger partial charge in [-0.15, -0.1) is 0 Å². The molecule has 0 aliphatic rings. The van der Waals surface area contributed by atoms with Crippen molar-refractivity contribution in [2.45, 2.75) is 38.5 Å². The van der Waals surface area contributed by atoms with Gasteiger partial charge in [0.1, 0.15) is 0 Å². The van der Waals surface area contributed by atoms with Crippen molar-refractivity contribution >= 4 is 25.8 Å². The van der Waals surface area contributed by atoms with Gasteiger partial charge in [-0.25, -0.2) is 8.42 Å². The first kappa shape index (κ1) is 15.7. The van der Waals surface area contributed by atoms with Crippen molar-refractivity contribution < 1.29 is 8.42 Å². The number of alkyl halides is 1. The maximum Gasteiger partial charge on any atom is 0.178 e. The van der Waals surface area contributed by atoms with Crippen molar-refractivity contribution in [2.75, 3.05) is 11.1 Å². The third kappa shape index (κ3) is 3.58. The number of rotatable bonds is 6. The molecule has 102 valence electrons. The molecule has 0 spiro atoms. The third-order valence-electron chi connectivity index (χ3n) is 3.66. The van der Waals surface area contributed by atoms with Crippen LogP contribution in [0.4, 0.5) is 0 Å². The zero-order valence-corrected chi connectivity index (χ0v) is 13.6. The lowest BCUT2D eigenvalue weighted by Crippen LogP contribution is -2.30. The number of aryl methyl sites for hydroxylation is 1. The Morgan fingerprint density at radius 1 is 1.11 bits per heavy atom. The average Bonchev–Trinajstić information content (AvgIpc) is 2.37. The topological polar surface area (TPSA) is 34.1 Å². The summed E-state index contributed by atoms with van der Waals surface area (Å²) in [6.07, 6.45) is 1.72. The summed E-state index contributed by atoms with van der Waals surface area (Å²) in [7, 11) is -3.20. The Labute approximate surface area is 119 Å². The van der Waals surface area contributed by atoms with Gasteiger partial charge in [-0.2, -0.15) is 0 Å². The van der Waals surface area contributed by atoms with Gasteiger partial charge in [-0.1, -0.05) is 47.5 Å². The van der Waals surface area contributed by atoms with Crippen LogP contribution in [0.25, 0.3) is 0 Å². The van der Waals surface area contributed by atoms with Crippen LogP contribution in [0.3, 0.4) is 0 Å². The van der Waals surface area contributed by atoms with Crippen LogP contribution in [-0.2, 0) is 9.84 Å². The van der Waals surface area contributed by atoms with Crippen LogP contribution in [0, 0.1) is 12.3 Å². The molecular formula is C14H21BrO2S. The van der Waals surface area contributed by atoms with Crippen LogP contribution in [0.1, 0.15) is 32.3 Å². The van der Waals surface area contributed by atoms with Crippen molar-refractivity contribution in [3.63, 3.8) is 0 Å². The molecule has 1 rings (SSSR count). The minimum absolute atomic E-state index is 0.163. The molecule has 0 aliphatic carbocycles. The predicted molar refractivity (Wildman–Crippen MR) is 80.0 cm³/mol.